The second-order valence-electron chi connectivity index (χ2n) is 15.6. The number of fused-ring (bicyclic) bond motifs is 7. The molecule has 0 amide bonds. The SMILES string of the molecule is c1ccc(-c2c3cc(N4c5ccccc5Cc5ccccc54)ccc3c(-c3cccc4ccccc34)c3cc(N4c5ccccc5Cc5ccccc54)ccc23)cc1. The third kappa shape index (κ3) is 5.05. The molecule has 0 unspecified atom stereocenters. The van der Waals surface area contributed by atoms with Crippen molar-refractivity contribution < 1.29 is 0 Å². The van der Waals surface area contributed by atoms with Gasteiger partial charge in [-0.15, -0.1) is 0 Å². The summed E-state index contributed by atoms with van der Waals surface area (Å²) < 4.78 is 0. The first-order valence-corrected chi connectivity index (χ1v) is 20.3. The number of rotatable bonds is 4. The molecular formula is C56H38N2. The highest BCUT2D eigenvalue weighted by atomic mass is 15.2. The number of benzene rings is 10. The first kappa shape index (κ1) is 32.8. The van der Waals surface area contributed by atoms with Crippen molar-refractivity contribution in [3.05, 3.63) is 229 Å². The Morgan fingerprint density at radius 3 is 1.28 bits per heavy atom. The van der Waals surface area contributed by atoms with E-state index in [1.165, 1.54) is 99.6 Å². The van der Waals surface area contributed by atoms with E-state index in [1.54, 1.807) is 0 Å². The zero-order chi connectivity index (χ0) is 38.2. The van der Waals surface area contributed by atoms with E-state index in [9.17, 15) is 0 Å². The molecule has 10 aromatic rings. The van der Waals surface area contributed by atoms with Gasteiger partial charge in [0.1, 0.15) is 0 Å². The molecule has 2 aliphatic heterocycles. The van der Waals surface area contributed by atoms with Gasteiger partial charge >= 0.3 is 0 Å². The Bertz CT molecular complexity index is 3160. The van der Waals surface area contributed by atoms with Crippen LogP contribution in [0.1, 0.15) is 22.3 Å². The summed E-state index contributed by atoms with van der Waals surface area (Å²) in [4.78, 5) is 4.94. The molecule has 0 spiro atoms. The van der Waals surface area contributed by atoms with Gasteiger partial charge in [-0.25, -0.2) is 0 Å². The normalized spacial score (nSPS) is 13.0. The number of anilines is 6. The number of hydrogen-bond acceptors (Lipinski definition) is 2. The van der Waals surface area contributed by atoms with Crippen molar-refractivity contribution in [3.8, 4) is 22.3 Å². The minimum atomic E-state index is 0.925. The summed E-state index contributed by atoms with van der Waals surface area (Å²) >= 11 is 0. The molecule has 272 valence electrons. The Labute approximate surface area is 338 Å². The van der Waals surface area contributed by atoms with Crippen molar-refractivity contribution in [2.75, 3.05) is 9.80 Å². The van der Waals surface area contributed by atoms with Gasteiger partial charge in [-0.1, -0.05) is 158 Å². The van der Waals surface area contributed by atoms with Gasteiger partial charge in [0.25, 0.3) is 0 Å². The van der Waals surface area contributed by atoms with Gasteiger partial charge in [0, 0.05) is 47.0 Å². The number of para-hydroxylation sites is 4. The fourth-order valence-corrected chi connectivity index (χ4v) is 9.87. The maximum absolute atomic E-state index is 2.47. The molecule has 0 bridgehead atoms. The molecule has 58 heavy (non-hydrogen) atoms. The van der Waals surface area contributed by atoms with Crippen LogP contribution in [0, 0.1) is 0 Å². The summed E-state index contributed by atoms with van der Waals surface area (Å²) in [5.74, 6) is 0. The van der Waals surface area contributed by atoms with Crippen LogP contribution in [0.2, 0.25) is 0 Å². The first-order chi connectivity index (χ1) is 28.8. The average molecular weight is 739 g/mol. The molecule has 0 fully saturated rings. The lowest BCUT2D eigenvalue weighted by Crippen LogP contribution is -2.18. The van der Waals surface area contributed by atoms with Crippen LogP contribution in [0.5, 0.6) is 0 Å². The highest BCUT2D eigenvalue weighted by Gasteiger charge is 2.28. The summed E-state index contributed by atoms with van der Waals surface area (Å²) in [6.45, 7) is 0. The van der Waals surface area contributed by atoms with Gasteiger partial charge in [-0.3, -0.25) is 0 Å². The second kappa shape index (κ2) is 13.1. The van der Waals surface area contributed by atoms with E-state index in [1.807, 2.05) is 0 Å². The predicted molar refractivity (Wildman–Crippen MR) is 245 cm³/mol. The van der Waals surface area contributed by atoms with Gasteiger partial charge in [0.15, 0.2) is 0 Å². The maximum Gasteiger partial charge on any atom is 0.0497 e. The van der Waals surface area contributed by atoms with Crippen LogP contribution in [0.15, 0.2) is 206 Å². The van der Waals surface area contributed by atoms with Crippen molar-refractivity contribution in [1.29, 1.82) is 0 Å². The third-order valence-corrected chi connectivity index (χ3v) is 12.4. The van der Waals surface area contributed by atoms with Crippen molar-refractivity contribution >= 4 is 66.4 Å². The molecular weight excluding hydrogens is 701 g/mol. The minimum absolute atomic E-state index is 0.925. The van der Waals surface area contributed by atoms with Crippen LogP contribution in [-0.2, 0) is 12.8 Å². The van der Waals surface area contributed by atoms with Crippen molar-refractivity contribution in [2.24, 2.45) is 0 Å². The van der Waals surface area contributed by atoms with Crippen LogP contribution < -0.4 is 9.80 Å². The van der Waals surface area contributed by atoms with Gasteiger partial charge in [-0.2, -0.15) is 0 Å². The fraction of sp³-hybridized carbons (Fsp3) is 0.0357. The summed E-state index contributed by atoms with van der Waals surface area (Å²) in [5, 5.41) is 7.44. The highest BCUT2D eigenvalue weighted by molar-refractivity contribution is 6.24. The molecule has 2 nitrogen and oxygen atoms in total. The van der Waals surface area contributed by atoms with E-state index in [0.29, 0.717) is 0 Å². The maximum atomic E-state index is 2.47. The molecule has 0 saturated carbocycles. The summed E-state index contributed by atoms with van der Waals surface area (Å²) in [7, 11) is 0. The minimum Gasteiger partial charge on any atom is -0.310 e. The van der Waals surface area contributed by atoms with E-state index < -0.39 is 0 Å². The van der Waals surface area contributed by atoms with Gasteiger partial charge in [-0.05, 0) is 125 Å². The first-order valence-electron chi connectivity index (χ1n) is 20.3. The Morgan fingerprint density at radius 1 is 0.293 bits per heavy atom. The molecule has 12 rings (SSSR count). The zero-order valence-corrected chi connectivity index (χ0v) is 31.9. The molecule has 0 radical (unpaired) electrons. The largest absolute Gasteiger partial charge is 0.310 e. The van der Waals surface area contributed by atoms with E-state index >= 15 is 0 Å². The molecule has 2 heteroatoms. The van der Waals surface area contributed by atoms with Gasteiger partial charge < -0.3 is 9.80 Å². The van der Waals surface area contributed by atoms with Crippen molar-refractivity contribution in [2.45, 2.75) is 12.8 Å². The Kier molecular flexibility index (Phi) is 7.39. The van der Waals surface area contributed by atoms with Crippen LogP contribution in [0.25, 0.3) is 54.6 Å². The van der Waals surface area contributed by atoms with E-state index in [0.717, 1.165) is 24.2 Å². The summed E-state index contributed by atoms with van der Waals surface area (Å²) in [6, 6.07) is 76.5. The second-order valence-corrected chi connectivity index (χ2v) is 15.6. The number of hydrogen-bond donors (Lipinski definition) is 0. The average Bonchev–Trinajstić information content (AvgIpc) is 3.29. The van der Waals surface area contributed by atoms with Gasteiger partial charge in [0.05, 0.1) is 0 Å². The van der Waals surface area contributed by atoms with E-state index in [4.69, 9.17) is 0 Å². The molecule has 2 heterocycles. The summed E-state index contributed by atoms with van der Waals surface area (Å²) in [6.07, 6.45) is 1.85. The van der Waals surface area contributed by atoms with Crippen molar-refractivity contribution in [3.63, 3.8) is 0 Å². The lowest BCUT2D eigenvalue weighted by atomic mass is 9.84. The fourth-order valence-electron chi connectivity index (χ4n) is 9.87. The molecule has 0 saturated heterocycles. The highest BCUT2D eigenvalue weighted by Crippen LogP contribution is 2.51. The van der Waals surface area contributed by atoms with E-state index in [-0.39, 0.29) is 0 Å². The summed E-state index contributed by atoms with van der Waals surface area (Å²) in [5.41, 5.74) is 17.6. The quantitative estimate of drug-likeness (QED) is 0.166. The smallest absolute Gasteiger partial charge is 0.0497 e. The monoisotopic (exact) mass is 738 g/mol. The van der Waals surface area contributed by atoms with Crippen LogP contribution in [0.4, 0.5) is 34.1 Å². The van der Waals surface area contributed by atoms with Gasteiger partial charge in [0.2, 0.25) is 0 Å². The van der Waals surface area contributed by atoms with Crippen LogP contribution in [-0.4, -0.2) is 0 Å². The topological polar surface area (TPSA) is 6.48 Å². The molecule has 2 aliphatic rings. The predicted octanol–water partition coefficient (Wildman–Crippen LogP) is 15.2. The third-order valence-electron chi connectivity index (χ3n) is 12.4. The van der Waals surface area contributed by atoms with Crippen LogP contribution >= 0.6 is 0 Å². The zero-order valence-electron chi connectivity index (χ0n) is 31.9. The Morgan fingerprint density at radius 2 is 0.724 bits per heavy atom. The molecule has 0 aliphatic carbocycles. The van der Waals surface area contributed by atoms with Crippen LogP contribution in [0.3, 0.4) is 0 Å². The Balaban J connectivity index is 1.20. The Hall–Kier alpha value is -7.42. The van der Waals surface area contributed by atoms with E-state index in [2.05, 4.69) is 216 Å². The molecule has 0 aromatic heterocycles. The molecule has 0 N–H and O–H groups in total. The molecule has 0 atom stereocenters. The lowest BCUT2D eigenvalue weighted by Gasteiger charge is -2.34. The standard InChI is InChI=1S/C56H38N2/c1-2-16-38(17-3-1)55-47-31-29-44(58-53-27-12-7-20-41(53)34-42-21-8-13-28-54(42)58)36-50(47)56(46-24-14-22-37-15-4-9-23-45(37)46)48-32-30-43(35-49(48)55)57-51-25-10-5-18-39(51)33-40-19-6-11-26-52(40)57/h1-32,35-36H,33-34H2. The lowest BCUT2D eigenvalue weighted by molar-refractivity contribution is 1.09. The molecule has 10 aromatic carbocycles. The number of nitrogens with zero attached hydrogens (tertiary/aromatic N) is 2. The van der Waals surface area contributed by atoms with Crippen molar-refractivity contribution in [1.82, 2.24) is 0 Å².